The van der Waals surface area contributed by atoms with Gasteiger partial charge in [-0.3, -0.25) is 0 Å². The predicted octanol–water partition coefficient (Wildman–Crippen LogP) is 3.90. The maximum atomic E-state index is 10.4. The zero-order valence-corrected chi connectivity index (χ0v) is 13.3. The molecule has 4 rings (SSSR count). The lowest BCUT2D eigenvalue weighted by molar-refractivity contribution is 0.140. The molecule has 0 radical (unpaired) electrons. The Morgan fingerprint density at radius 1 is 1.00 bits per heavy atom. The maximum absolute atomic E-state index is 10.4. The molecule has 1 aliphatic rings. The largest absolute Gasteiger partial charge is 0.391 e. The van der Waals surface area contributed by atoms with Crippen LogP contribution in [0.3, 0.4) is 0 Å². The van der Waals surface area contributed by atoms with Crippen LogP contribution in [0.2, 0.25) is 0 Å². The highest BCUT2D eigenvalue weighted by atomic mass is 16.3. The van der Waals surface area contributed by atoms with Gasteiger partial charge in [0.2, 0.25) is 0 Å². The van der Waals surface area contributed by atoms with Crippen LogP contribution >= 0.6 is 0 Å². The van der Waals surface area contributed by atoms with Crippen molar-refractivity contribution in [2.24, 2.45) is 0 Å². The van der Waals surface area contributed by atoms with Gasteiger partial charge in [-0.1, -0.05) is 60.7 Å². The summed E-state index contributed by atoms with van der Waals surface area (Å²) in [5, 5.41) is 16.5. The monoisotopic (exact) mass is 303 g/mol. The van der Waals surface area contributed by atoms with Crippen LogP contribution in [-0.4, -0.2) is 11.2 Å². The summed E-state index contributed by atoms with van der Waals surface area (Å²) < 4.78 is 0. The van der Waals surface area contributed by atoms with Crippen LogP contribution < -0.4 is 5.32 Å². The molecule has 2 heteroatoms. The number of benzene rings is 3. The van der Waals surface area contributed by atoms with Crippen LogP contribution in [-0.2, 0) is 13.0 Å². The number of rotatable bonds is 3. The first-order valence-corrected chi connectivity index (χ1v) is 8.20. The fourth-order valence-corrected chi connectivity index (χ4v) is 3.70. The van der Waals surface area contributed by atoms with Crippen LogP contribution in [0.5, 0.6) is 0 Å². The Balaban J connectivity index is 1.59. The predicted molar refractivity (Wildman–Crippen MR) is 94.4 cm³/mol. The Kier molecular flexibility index (Phi) is 3.64. The fraction of sp³-hybridized carbons (Fsp3) is 0.238. The van der Waals surface area contributed by atoms with Crippen molar-refractivity contribution in [3.63, 3.8) is 0 Å². The molecule has 3 aromatic rings. The van der Waals surface area contributed by atoms with E-state index in [2.05, 4.69) is 60.8 Å². The molecule has 0 aliphatic heterocycles. The number of nitrogens with one attached hydrogen (secondary N) is 1. The molecule has 1 aliphatic carbocycles. The molecule has 0 aromatic heterocycles. The summed E-state index contributed by atoms with van der Waals surface area (Å²) in [5.41, 5.74) is 5.10. The first-order valence-electron chi connectivity index (χ1n) is 8.20. The summed E-state index contributed by atoms with van der Waals surface area (Å²) in [6.07, 6.45) is 0.401. The van der Waals surface area contributed by atoms with E-state index in [1.807, 2.05) is 12.1 Å². The van der Waals surface area contributed by atoms with Crippen molar-refractivity contribution in [1.29, 1.82) is 0 Å². The lowest BCUT2D eigenvalue weighted by atomic mass is 9.99. The number of aliphatic hydroxyl groups excluding tert-OH is 1. The fourth-order valence-electron chi connectivity index (χ4n) is 3.70. The third kappa shape index (κ3) is 2.54. The van der Waals surface area contributed by atoms with Gasteiger partial charge >= 0.3 is 0 Å². The molecule has 0 unspecified atom stereocenters. The Labute approximate surface area is 136 Å². The maximum Gasteiger partial charge on any atom is 0.0775 e. The molecule has 0 heterocycles. The Hall–Kier alpha value is -2.16. The van der Waals surface area contributed by atoms with Crippen molar-refractivity contribution in [3.8, 4) is 0 Å². The number of aliphatic hydroxyl groups is 1. The Morgan fingerprint density at radius 3 is 2.70 bits per heavy atom. The van der Waals surface area contributed by atoms with Crippen molar-refractivity contribution in [2.45, 2.75) is 32.0 Å². The highest BCUT2D eigenvalue weighted by Crippen LogP contribution is 2.32. The van der Waals surface area contributed by atoms with Gasteiger partial charge in [-0.25, -0.2) is 0 Å². The van der Waals surface area contributed by atoms with Gasteiger partial charge in [0.1, 0.15) is 0 Å². The lowest BCUT2D eigenvalue weighted by Gasteiger charge is -2.19. The van der Waals surface area contributed by atoms with E-state index in [1.54, 1.807) is 0 Å². The van der Waals surface area contributed by atoms with Gasteiger partial charge in [0.15, 0.2) is 0 Å². The first-order chi connectivity index (χ1) is 11.2. The van der Waals surface area contributed by atoms with Crippen LogP contribution in [0, 0.1) is 6.92 Å². The molecule has 3 aromatic carbocycles. The highest BCUT2D eigenvalue weighted by molar-refractivity contribution is 5.86. The van der Waals surface area contributed by atoms with Crippen molar-refractivity contribution >= 4 is 10.8 Å². The van der Waals surface area contributed by atoms with E-state index < -0.39 is 0 Å². The van der Waals surface area contributed by atoms with Crippen molar-refractivity contribution in [1.82, 2.24) is 5.32 Å². The summed E-state index contributed by atoms with van der Waals surface area (Å²) in [6, 6.07) is 21.2. The first kappa shape index (κ1) is 14.4. The molecule has 0 bridgehead atoms. The Morgan fingerprint density at radius 2 is 1.78 bits per heavy atom. The summed E-state index contributed by atoms with van der Waals surface area (Å²) in [5.74, 6) is 0. The minimum absolute atomic E-state index is 0.0251. The molecule has 116 valence electrons. The molecule has 2 nitrogen and oxygen atoms in total. The second kappa shape index (κ2) is 5.80. The van der Waals surface area contributed by atoms with Gasteiger partial charge in [0.25, 0.3) is 0 Å². The van der Waals surface area contributed by atoms with E-state index in [9.17, 15) is 5.11 Å². The number of hydrogen-bond acceptors (Lipinski definition) is 2. The standard InChI is InChI=1S/C21H21NO/c1-14-17(11-10-15-6-2-4-8-18(14)15)13-22-21-19-9-5-3-7-16(19)12-20(21)23/h2-11,20-23H,12-13H2,1H3/t20-,21+/m0/s1. The quantitative estimate of drug-likeness (QED) is 0.769. The topological polar surface area (TPSA) is 32.3 Å². The molecule has 0 saturated carbocycles. The van der Waals surface area contributed by atoms with Crippen LogP contribution in [0.1, 0.15) is 28.3 Å². The normalized spacial score (nSPS) is 19.9. The summed E-state index contributed by atoms with van der Waals surface area (Å²) >= 11 is 0. The zero-order valence-electron chi connectivity index (χ0n) is 13.3. The zero-order chi connectivity index (χ0) is 15.8. The van der Waals surface area contributed by atoms with Crippen molar-refractivity contribution in [2.75, 3.05) is 0 Å². The van der Waals surface area contributed by atoms with Gasteiger partial charge in [0, 0.05) is 13.0 Å². The van der Waals surface area contributed by atoms with E-state index in [0.29, 0.717) is 0 Å². The van der Waals surface area contributed by atoms with Gasteiger partial charge in [0.05, 0.1) is 12.1 Å². The van der Waals surface area contributed by atoms with Gasteiger partial charge < -0.3 is 10.4 Å². The SMILES string of the molecule is Cc1c(CN[C@@H]2c3ccccc3C[C@@H]2O)ccc2ccccc12. The molecular weight excluding hydrogens is 282 g/mol. The van der Waals surface area contributed by atoms with E-state index >= 15 is 0 Å². The highest BCUT2D eigenvalue weighted by Gasteiger charge is 2.30. The molecular formula is C21H21NO. The average molecular weight is 303 g/mol. The van der Waals surface area contributed by atoms with E-state index in [1.165, 1.54) is 33.0 Å². The number of fused-ring (bicyclic) bond motifs is 2. The molecule has 0 saturated heterocycles. The number of hydrogen-bond donors (Lipinski definition) is 2. The van der Waals surface area contributed by atoms with Crippen molar-refractivity contribution in [3.05, 3.63) is 82.9 Å². The minimum Gasteiger partial charge on any atom is -0.391 e. The third-order valence-electron chi connectivity index (χ3n) is 5.03. The molecule has 2 atom stereocenters. The smallest absolute Gasteiger partial charge is 0.0775 e. The minimum atomic E-state index is -0.340. The van der Waals surface area contributed by atoms with E-state index in [-0.39, 0.29) is 12.1 Å². The van der Waals surface area contributed by atoms with Crippen LogP contribution in [0.25, 0.3) is 10.8 Å². The molecule has 0 fully saturated rings. The average Bonchev–Trinajstić information content (AvgIpc) is 2.90. The summed E-state index contributed by atoms with van der Waals surface area (Å²) in [6.45, 7) is 2.95. The third-order valence-corrected chi connectivity index (χ3v) is 5.03. The lowest BCUT2D eigenvalue weighted by Crippen LogP contribution is -2.28. The molecule has 23 heavy (non-hydrogen) atoms. The van der Waals surface area contributed by atoms with Gasteiger partial charge in [-0.2, -0.15) is 0 Å². The Bertz CT molecular complexity index is 855. The van der Waals surface area contributed by atoms with Gasteiger partial charge in [-0.05, 0) is 39.9 Å². The summed E-state index contributed by atoms with van der Waals surface area (Å²) in [4.78, 5) is 0. The van der Waals surface area contributed by atoms with Crippen molar-refractivity contribution < 1.29 is 5.11 Å². The summed E-state index contributed by atoms with van der Waals surface area (Å²) in [7, 11) is 0. The second-order valence-electron chi connectivity index (χ2n) is 6.40. The van der Waals surface area contributed by atoms with E-state index in [0.717, 1.165) is 13.0 Å². The van der Waals surface area contributed by atoms with Gasteiger partial charge in [-0.15, -0.1) is 0 Å². The molecule has 0 spiro atoms. The van der Waals surface area contributed by atoms with E-state index in [4.69, 9.17) is 0 Å². The van der Waals surface area contributed by atoms with Crippen LogP contribution in [0.15, 0.2) is 60.7 Å². The second-order valence-corrected chi connectivity index (χ2v) is 6.40. The molecule has 0 amide bonds. The number of aryl methyl sites for hydroxylation is 1. The molecule has 2 N–H and O–H groups in total. The van der Waals surface area contributed by atoms with Crippen LogP contribution in [0.4, 0.5) is 0 Å².